The summed E-state index contributed by atoms with van der Waals surface area (Å²) in [6.45, 7) is 1.21. The van der Waals surface area contributed by atoms with Crippen LogP contribution in [0.15, 0.2) is 15.8 Å². The lowest BCUT2D eigenvalue weighted by Crippen LogP contribution is -2.38. The molecule has 2 rings (SSSR count). The summed E-state index contributed by atoms with van der Waals surface area (Å²) >= 11 is 0. The van der Waals surface area contributed by atoms with Gasteiger partial charge in [-0.3, -0.25) is 18.9 Å². The normalized spacial score (nSPS) is 23.6. The van der Waals surface area contributed by atoms with Crippen LogP contribution in [0.4, 0.5) is 0 Å². The maximum absolute atomic E-state index is 11.9. The topological polar surface area (TPSA) is 185 Å². The predicted molar refractivity (Wildman–Crippen MR) is 93.4 cm³/mol. The third-order valence-corrected chi connectivity index (χ3v) is 6.22. The molecule has 1 saturated heterocycles. The first-order valence-corrected chi connectivity index (χ1v) is 11.2. The van der Waals surface area contributed by atoms with Gasteiger partial charge in [0.25, 0.3) is 15.7 Å². The molecule has 27 heavy (non-hydrogen) atoms. The Morgan fingerprint density at radius 3 is 2.59 bits per heavy atom. The van der Waals surface area contributed by atoms with E-state index in [1.807, 2.05) is 0 Å². The summed E-state index contributed by atoms with van der Waals surface area (Å²) in [4.78, 5) is 25.4. The largest absolute Gasteiger partial charge is 0.390 e. The van der Waals surface area contributed by atoms with E-state index in [2.05, 4.69) is 9.71 Å². The SMILES string of the molecule is Cc1cn([C@H]2C[C@H](O)[C@@H](CNS(=O)(=O)CCCS(=O)(=O)O)O2)c(=O)[nH]c1=O. The van der Waals surface area contributed by atoms with Crippen molar-refractivity contribution in [2.24, 2.45) is 0 Å². The number of hydrogen-bond donors (Lipinski definition) is 4. The zero-order valence-electron chi connectivity index (χ0n) is 14.4. The van der Waals surface area contributed by atoms with Gasteiger partial charge in [-0.25, -0.2) is 17.9 Å². The molecule has 1 fully saturated rings. The van der Waals surface area contributed by atoms with Gasteiger partial charge in [0.1, 0.15) is 6.23 Å². The van der Waals surface area contributed by atoms with Gasteiger partial charge in [0, 0.05) is 24.7 Å². The highest BCUT2D eigenvalue weighted by molar-refractivity contribution is 7.89. The number of aliphatic hydroxyl groups is 1. The van der Waals surface area contributed by atoms with Crippen molar-refractivity contribution in [3.63, 3.8) is 0 Å². The highest BCUT2D eigenvalue weighted by Crippen LogP contribution is 2.27. The maximum Gasteiger partial charge on any atom is 0.330 e. The van der Waals surface area contributed by atoms with Crippen LogP contribution in [0.5, 0.6) is 0 Å². The maximum atomic E-state index is 11.9. The molecule has 0 spiro atoms. The Hall–Kier alpha value is -1.58. The monoisotopic (exact) mass is 427 g/mol. The van der Waals surface area contributed by atoms with Gasteiger partial charge in [-0.05, 0) is 13.3 Å². The summed E-state index contributed by atoms with van der Waals surface area (Å²) < 4.78 is 62.3. The van der Waals surface area contributed by atoms with Gasteiger partial charge in [0.05, 0.1) is 23.7 Å². The first-order valence-electron chi connectivity index (χ1n) is 7.96. The molecule has 0 aliphatic carbocycles. The molecule has 1 aliphatic heterocycles. The molecule has 2 heterocycles. The number of aliphatic hydroxyl groups excluding tert-OH is 1. The molecule has 1 aromatic rings. The number of nitrogens with one attached hydrogen (secondary N) is 2. The third-order valence-electron chi connectivity index (χ3n) is 3.98. The van der Waals surface area contributed by atoms with Gasteiger partial charge in [-0.15, -0.1) is 0 Å². The van der Waals surface area contributed by atoms with E-state index in [-0.39, 0.29) is 24.9 Å². The summed E-state index contributed by atoms with van der Waals surface area (Å²) in [5, 5.41) is 10.1. The van der Waals surface area contributed by atoms with Crippen LogP contribution < -0.4 is 16.0 Å². The second-order valence-electron chi connectivity index (χ2n) is 6.22. The minimum absolute atomic E-state index is 0.0144. The Bertz CT molecular complexity index is 997. The molecular weight excluding hydrogens is 406 g/mol. The fourth-order valence-corrected chi connectivity index (χ4v) is 4.36. The number of H-pyrrole nitrogens is 1. The molecule has 0 bridgehead atoms. The second kappa shape index (κ2) is 8.20. The predicted octanol–water partition coefficient (Wildman–Crippen LogP) is -2.31. The number of hydrogen-bond acceptors (Lipinski definition) is 8. The molecule has 0 radical (unpaired) electrons. The molecule has 3 atom stereocenters. The van der Waals surface area contributed by atoms with E-state index >= 15 is 0 Å². The molecule has 0 unspecified atom stereocenters. The van der Waals surface area contributed by atoms with E-state index in [0.717, 1.165) is 4.57 Å². The minimum atomic E-state index is -4.25. The first-order chi connectivity index (χ1) is 12.4. The van der Waals surface area contributed by atoms with Crippen molar-refractivity contribution < 1.29 is 31.2 Å². The number of sulfonamides is 1. The number of nitrogens with zero attached hydrogens (tertiary/aromatic N) is 1. The lowest BCUT2D eigenvalue weighted by Gasteiger charge is -2.17. The summed E-state index contributed by atoms with van der Waals surface area (Å²) in [7, 11) is -8.10. The van der Waals surface area contributed by atoms with Crippen LogP contribution in [0.1, 0.15) is 24.6 Å². The molecule has 0 saturated carbocycles. The summed E-state index contributed by atoms with van der Waals surface area (Å²) in [6.07, 6.45) is -1.87. The van der Waals surface area contributed by atoms with Crippen molar-refractivity contribution >= 4 is 20.1 Å². The quantitative estimate of drug-likeness (QED) is 0.331. The molecule has 0 aromatic carbocycles. The molecule has 14 heteroatoms. The Labute approximate surface area is 155 Å². The van der Waals surface area contributed by atoms with Gasteiger partial charge < -0.3 is 9.84 Å². The van der Waals surface area contributed by atoms with E-state index in [0.29, 0.717) is 0 Å². The van der Waals surface area contributed by atoms with Crippen LogP contribution in [-0.2, 0) is 24.9 Å². The van der Waals surface area contributed by atoms with Crippen LogP contribution in [0.25, 0.3) is 0 Å². The van der Waals surface area contributed by atoms with E-state index in [9.17, 15) is 31.5 Å². The zero-order chi connectivity index (χ0) is 20.4. The van der Waals surface area contributed by atoms with Gasteiger partial charge in [-0.2, -0.15) is 8.42 Å². The number of rotatable bonds is 8. The molecule has 0 amide bonds. The highest BCUT2D eigenvalue weighted by Gasteiger charge is 2.36. The molecule has 4 N–H and O–H groups in total. The number of aromatic amines is 1. The van der Waals surface area contributed by atoms with Crippen LogP contribution in [0.3, 0.4) is 0 Å². The van der Waals surface area contributed by atoms with Crippen molar-refractivity contribution in [1.29, 1.82) is 0 Å². The van der Waals surface area contributed by atoms with Gasteiger partial charge in [0.15, 0.2) is 0 Å². The van der Waals surface area contributed by atoms with Gasteiger partial charge in [0.2, 0.25) is 10.0 Å². The summed E-state index contributed by atoms with van der Waals surface area (Å²) in [5.74, 6) is -1.22. The molecule has 154 valence electrons. The minimum Gasteiger partial charge on any atom is -0.390 e. The van der Waals surface area contributed by atoms with Crippen LogP contribution in [0, 0.1) is 6.92 Å². The lowest BCUT2D eigenvalue weighted by molar-refractivity contribution is -0.0169. The Morgan fingerprint density at radius 1 is 1.30 bits per heavy atom. The van der Waals surface area contributed by atoms with Gasteiger partial charge in [-0.1, -0.05) is 0 Å². The third kappa shape index (κ3) is 6.22. The lowest BCUT2D eigenvalue weighted by atomic mass is 10.2. The summed E-state index contributed by atoms with van der Waals surface area (Å²) in [6, 6.07) is 0. The Kier molecular flexibility index (Phi) is 6.59. The average Bonchev–Trinajstić information content (AvgIpc) is 2.88. The highest BCUT2D eigenvalue weighted by atomic mass is 32.2. The van der Waals surface area contributed by atoms with Gasteiger partial charge >= 0.3 is 5.69 Å². The smallest absolute Gasteiger partial charge is 0.330 e. The van der Waals surface area contributed by atoms with E-state index in [4.69, 9.17) is 9.29 Å². The molecule has 1 aliphatic rings. The van der Waals surface area contributed by atoms with Crippen molar-refractivity contribution in [2.45, 2.75) is 38.2 Å². The standard InChI is InChI=1S/C13H21N3O9S2/c1-8-7-16(13(19)15-12(8)18)11-5-9(17)10(25-11)6-14-26(20,21)3-2-4-27(22,23)24/h7,9-11,14,17H,2-6H2,1H3,(H,15,18,19)(H,22,23,24)/t9-,10+,11+/m0/s1. The van der Waals surface area contributed by atoms with Crippen molar-refractivity contribution in [3.05, 3.63) is 32.6 Å². The number of aryl methyl sites for hydroxylation is 1. The van der Waals surface area contributed by atoms with Crippen molar-refractivity contribution in [3.8, 4) is 0 Å². The fraction of sp³-hybridized carbons (Fsp3) is 0.692. The summed E-state index contributed by atoms with van der Waals surface area (Å²) in [5.41, 5.74) is -0.978. The zero-order valence-corrected chi connectivity index (χ0v) is 16.0. The van der Waals surface area contributed by atoms with Crippen LogP contribution >= 0.6 is 0 Å². The molecule has 12 nitrogen and oxygen atoms in total. The number of ether oxygens (including phenoxy) is 1. The Balaban J connectivity index is 1.96. The van der Waals surface area contributed by atoms with Crippen LogP contribution in [0.2, 0.25) is 0 Å². The second-order valence-corrected chi connectivity index (χ2v) is 9.72. The molecule has 1 aromatic heterocycles. The van der Waals surface area contributed by atoms with E-state index in [1.54, 1.807) is 0 Å². The fourth-order valence-electron chi connectivity index (χ4n) is 2.58. The Morgan fingerprint density at radius 2 is 1.96 bits per heavy atom. The van der Waals surface area contributed by atoms with Crippen molar-refractivity contribution in [1.82, 2.24) is 14.3 Å². The average molecular weight is 427 g/mol. The first kappa shape index (κ1) is 21.7. The van der Waals surface area contributed by atoms with E-state index < -0.39 is 61.3 Å². The number of aromatic nitrogens is 2. The van der Waals surface area contributed by atoms with E-state index in [1.165, 1.54) is 13.1 Å². The van der Waals surface area contributed by atoms with Crippen molar-refractivity contribution in [2.75, 3.05) is 18.1 Å². The van der Waals surface area contributed by atoms with Crippen LogP contribution in [-0.4, -0.2) is 66.3 Å². The molecular formula is C13H21N3O9S2.